The molecule has 5 nitrogen and oxygen atoms in total. The summed E-state index contributed by atoms with van der Waals surface area (Å²) in [6.07, 6.45) is 1.42. The number of nitrogens with zero attached hydrogens (tertiary/aromatic N) is 2. The Kier molecular flexibility index (Phi) is 4.01. The number of aromatic nitrogens is 1. The molecule has 20 heavy (non-hydrogen) atoms. The minimum atomic E-state index is -0.399. The van der Waals surface area contributed by atoms with Crippen LogP contribution in [-0.4, -0.2) is 10.9 Å². The van der Waals surface area contributed by atoms with Crippen molar-refractivity contribution < 1.29 is 4.79 Å². The first-order valence-corrected chi connectivity index (χ1v) is 6.53. The van der Waals surface area contributed by atoms with E-state index >= 15 is 0 Å². The SMILES string of the molecule is Cc1cc(N)c(C(=O)Nc2cc(Br)ccc2C#N)cn1. The molecule has 1 amide bonds. The molecule has 1 aromatic carbocycles. The van der Waals surface area contributed by atoms with E-state index in [-0.39, 0.29) is 5.56 Å². The minimum absolute atomic E-state index is 0.277. The Morgan fingerprint density at radius 2 is 2.20 bits per heavy atom. The van der Waals surface area contributed by atoms with Gasteiger partial charge in [-0.2, -0.15) is 5.26 Å². The number of pyridine rings is 1. The molecule has 2 aromatic rings. The first kappa shape index (κ1) is 14.0. The highest BCUT2D eigenvalue weighted by Gasteiger charge is 2.13. The number of hydrogen-bond donors (Lipinski definition) is 2. The first-order valence-electron chi connectivity index (χ1n) is 5.74. The molecule has 0 bridgehead atoms. The molecular formula is C14H11BrN4O. The van der Waals surface area contributed by atoms with Crippen LogP contribution in [0.25, 0.3) is 0 Å². The van der Waals surface area contributed by atoms with Crippen molar-refractivity contribution in [2.75, 3.05) is 11.1 Å². The van der Waals surface area contributed by atoms with Crippen molar-refractivity contribution in [3.63, 3.8) is 0 Å². The van der Waals surface area contributed by atoms with Crippen molar-refractivity contribution in [3.8, 4) is 6.07 Å². The zero-order valence-corrected chi connectivity index (χ0v) is 12.2. The fraction of sp³-hybridized carbons (Fsp3) is 0.0714. The van der Waals surface area contributed by atoms with Crippen LogP contribution >= 0.6 is 15.9 Å². The van der Waals surface area contributed by atoms with Crippen LogP contribution in [0.1, 0.15) is 21.6 Å². The number of amides is 1. The maximum absolute atomic E-state index is 12.2. The Bertz CT molecular complexity index is 722. The summed E-state index contributed by atoms with van der Waals surface area (Å²) in [7, 11) is 0. The van der Waals surface area contributed by atoms with E-state index in [1.807, 2.05) is 6.07 Å². The standard InChI is InChI=1S/C14H11BrN4O/c1-8-4-12(17)11(7-18-8)14(20)19-13-5-10(15)3-2-9(13)6-16/h2-5,7H,1H3,(H2,17,18)(H,19,20). The fourth-order valence-corrected chi connectivity index (χ4v) is 2.04. The van der Waals surface area contributed by atoms with Crippen LogP contribution in [0, 0.1) is 18.3 Å². The first-order chi connectivity index (χ1) is 9.51. The summed E-state index contributed by atoms with van der Waals surface area (Å²) in [4.78, 5) is 16.2. The van der Waals surface area contributed by atoms with Gasteiger partial charge in [0.2, 0.25) is 0 Å². The molecule has 1 aromatic heterocycles. The Balaban J connectivity index is 2.33. The second-order valence-electron chi connectivity index (χ2n) is 4.17. The predicted octanol–water partition coefficient (Wildman–Crippen LogP) is 2.86. The van der Waals surface area contributed by atoms with Gasteiger partial charge in [0.25, 0.3) is 5.91 Å². The molecule has 0 saturated carbocycles. The Hall–Kier alpha value is -2.39. The fourth-order valence-electron chi connectivity index (χ4n) is 1.68. The molecule has 0 atom stereocenters. The van der Waals surface area contributed by atoms with E-state index in [9.17, 15) is 4.79 Å². The van der Waals surface area contributed by atoms with Crippen LogP contribution < -0.4 is 11.1 Å². The maximum Gasteiger partial charge on any atom is 0.259 e. The number of nitrogen functional groups attached to an aromatic ring is 1. The van der Waals surface area contributed by atoms with E-state index in [0.717, 1.165) is 10.2 Å². The van der Waals surface area contributed by atoms with E-state index in [0.29, 0.717) is 16.9 Å². The van der Waals surface area contributed by atoms with Gasteiger partial charge < -0.3 is 11.1 Å². The Morgan fingerprint density at radius 1 is 1.45 bits per heavy atom. The van der Waals surface area contributed by atoms with Crippen molar-refractivity contribution in [2.45, 2.75) is 6.92 Å². The number of halogens is 1. The van der Waals surface area contributed by atoms with Gasteiger partial charge in [-0.25, -0.2) is 0 Å². The summed E-state index contributed by atoms with van der Waals surface area (Å²) in [5, 5.41) is 11.7. The van der Waals surface area contributed by atoms with Gasteiger partial charge in [-0.05, 0) is 31.2 Å². The highest BCUT2D eigenvalue weighted by atomic mass is 79.9. The maximum atomic E-state index is 12.2. The third kappa shape index (κ3) is 2.95. The van der Waals surface area contributed by atoms with E-state index in [2.05, 4.69) is 26.2 Å². The molecular weight excluding hydrogens is 320 g/mol. The lowest BCUT2D eigenvalue weighted by Gasteiger charge is -2.09. The van der Waals surface area contributed by atoms with Crippen LogP contribution in [0.3, 0.4) is 0 Å². The van der Waals surface area contributed by atoms with Gasteiger partial charge in [0.15, 0.2) is 0 Å². The average Bonchev–Trinajstić information content (AvgIpc) is 2.38. The van der Waals surface area contributed by atoms with Gasteiger partial charge in [0.1, 0.15) is 6.07 Å². The molecule has 0 fully saturated rings. The van der Waals surface area contributed by atoms with Crippen molar-refractivity contribution in [1.82, 2.24) is 4.98 Å². The number of nitrogens with one attached hydrogen (secondary N) is 1. The van der Waals surface area contributed by atoms with E-state index < -0.39 is 5.91 Å². The molecule has 0 aliphatic rings. The van der Waals surface area contributed by atoms with Gasteiger partial charge in [-0.3, -0.25) is 9.78 Å². The summed E-state index contributed by atoms with van der Waals surface area (Å²) in [5.74, 6) is -0.399. The monoisotopic (exact) mass is 330 g/mol. The van der Waals surface area contributed by atoms with E-state index in [4.69, 9.17) is 11.0 Å². The summed E-state index contributed by atoms with van der Waals surface area (Å²) in [6, 6.07) is 8.66. The third-order valence-electron chi connectivity index (χ3n) is 2.67. The van der Waals surface area contributed by atoms with Crippen LogP contribution in [0.15, 0.2) is 34.9 Å². The quantitative estimate of drug-likeness (QED) is 0.885. The van der Waals surface area contributed by atoms with Gasteiger partial charge in [-0.1, -0.05) is 15.9 Å². The molecule has 0 aliphatic carbocycles. The molecule has 3 N–H and O–H groups in total. The number of nitriles is 1. The van der Waals surface area contributed by atoms with Crippen LogP contribution in [0.2, 0.25) is 0 Å². The highest BCUT2D eigenvalue weighted by molar-refractivity contribution is 9.10. The largest absolute Gasteiger partial charge is 0.398 e. The minimum Gasteiger partial charge on any atom is -0.398 e. The zero-order chi connectivity index (χ0) is 14.7. The Morgan fingerprint density at radius 3 is 2.85 bits per heavy atom. The second kappa shape index (κ2) is 5.72. The number of nitrogens with two attached hydrogens (primary N) is 1. The lowest BCUT2D eigenvalue weighted by Crippen LogP contribution is -2.15. The normalized spacial score (nSPS) is 9.85. The Labute approximate surface area is 124 Å². The molecule has 1 heterocycles. The summed E-state index contributed by atoms with van der Waals surface area (Å²) >= 11 is 3.30. The number of anilines is 2. The molecule has 0 saturated heterocycles. The predicted molar refractivity (Wildman–Crippen MR) is 80.2 cm³/mol. The van der Waals surface area contributed by atoms with E-state index in [1.54, 1.807) is 31.2 Å². The topological polar surface area (TPSA) is 91.8 Å². The van der Waals surface area contributed by atoms with Crippen molar-refractivity contribution in [2.24, 2.45) is 0 Å². The van der Waals surface area contributed by atoms with Gasteiger partial charge in [0.05, 0.1) is 16.8 Å². The smallest absolute Gasteiger partial charge is 0.259 e. The molecule has 0 aliphatic heterocycles. The van der Waals surface area contributed by atoms with Crippen LogP contribution in [0.5, 0.6) is 0 Å². The number of aryl methyl sites for hydroxylation is 1. The number of rotatable bonds is 2. The number of carbonyl (C=O) groups excluding carboxylic acids is 1. The van der Waals surface area contributed by atoms with Crippen molar-refractivity contribution >= 4 is 33.2 Å². The molecule has 6 heteroatoms. The van der Waals surface area contributed by atoms with Gasteiger partial charge in [-0.15, -0.1) is 0 Å². The number of carbonyl (C=O) groups is 1. The van der Waals surface area contributed by atoms with Gasteiger partial charge >= 0.3 is 0 Å². The van der Waals surface area contributed by atoms with Crippen LogP contribution in [0.4, 0.5) is 11.4 Å². The second-order valence-corrected chi connectivity index (χ2v) is 5.08. The highest BCUT2D eigenvalue weighted by Crippen LogP contribution is 2.22. The van der Waals surface area contributed by atoms with Crippen LogP contribution in [-0.2, 0) is 0 Å². The summed E-state index contributed by atoms with van der Waals surface area (Å²) in [6.45, 7) is 1.79. The molecule has 100 valence electrons. The molecule has 0 spiro atoms. The average molecular weight is 331 g/mol. The van der Waals surface area contributed by atoms with E-state index in [1.165, 1.54) is 6.20 Å². The van der Waals surface area contributed by atoms with Gasteiger partial charge in [0, 0.05) is 22.1 Å². The summed E-state index contributed by atoms with van der Waals surface area (Å²) < 4.78 is 0.766. The lowest BCUT2D eigenvalue weighted by molar-refractivity contribution is 0.102. The molecule has 0 unspecified atom stereocenters. The van der Waals surface area contributed by atoms with Crippen molar-refractivity contribution in [1.29, 1.82) is 5.26 Å². The third-order valence-corrected chi connectivity index (χ3v) is 3.16. The number of hydrogen-bond acceptors (Lipinski definition) is 4. The number of benzene rings is 1. The zero-order valence-electron chi connectivity index (χ0n) is 10.6. The molecule has 2 rings (SSSR count). The summed E-state index contributed by atoms with van der Waals surface area (Å²) in [5.41, 5.74) is 7.96. The molecule has 0 radical (unpaired) electrons. The van der Waals surface area contributed by atoms with Crippen molar-refractivity contribution in [3.05, 3.63) is 51.8 Å². The lowest BCUT2D eigenvalue weighted by atomic mass is 10.1.